The zero-order chi connectivity index (χ0) is 15.1. The van der Waals surface area contributed by atoms with Crippen molar-refractivity contribution < 1.29 is 0 Å². The van der Waals surface area contributed by atoms with Crippen LogP contribution in [0, 0.1) is 0 Å². The van der Waals surface area contributed by atoms with E-state index in [1.807, 2.05) is 16.9 Å². The van der Waals surface area contributed by atoms with Crippen molar-refractivity contribution in [2.24, 2.45) is 0 Å². The van der Waals surface area contributed by atoms with Gasteiger partial charge in [0.15, 0.2) is 0 Å². The molecule has 0 atom stereocenters. The predicted octanol–water partition coefficient (Wildman–Crippen LogP) is 3.60. The second-order valence-corrected chi connectivity index (χ2v) is 5.92. The van der Waals surface area contributed by atoms with Crippen LogP contribution in [0.5, 0.6) is 0 Å². The lowest BCUT2D eigenvalue weighted by Crippen LogP contribution is -2.27. The van der Waals surface area contributed by atoms with E-state index in [9.17, 15) is 0 Å². The van der Waals surface area contributed by atoms with Crippen LogP contribution in [0.15, 0.2) is 41.1 Å². The molecule has 1 aromatic heterocycles. The van der Waals surface area contributed by atoms with Crippen LogP contribution in [-0.4, -0.2) is 34.3 Å². The second-order valence-electron chi connectivity index (χ2n) is 5.00. The molecule has 21 heavy (non-hydrogen) atoms. The normalized spacial score (nSPS) is 11.0. The molecule has 0 saturated carbocycles. The van der Waals surface area contributed by atoms with Crippen molar-refractivity contribution in [3.8, 4) is 0 Å². The van der Waals surface area contributed by atoms with Gasteiger partial charge in [0.25, 0.3) is 0 Å². The highest BCUT2D eigenvalue weighted by molar-refractivity contribution is 9.10. The first-order valence-corrected chi connectivity index (χ1v) is 8.23. The fourth-order valence-corrected chi connectivity index (χ4v) is 2.66. The van der Waals surface area contributed by atoms with Gasteiger partial charge >= 0.3 is 0 Å². The number of benzene rings is 1. The first kappa shape index (κ1) is 16.0. The van der Waals surface area contributed by atoms with Gasteiger partial charge < -0.3 is 10.2 Å². The van der Waals surface area contributed by atoms with E-state index in [1.54, 1.807) is 0 Å². The third kappa shape index (κ3) is 5.17. The summed E-state index contributed by atoms with van der Waals surface area (Å²) in [6.07, 6.45) is 3.96. The van der Waals surface area contributed by atoms with Gasteiger partial charge in [-0.25, -0.2) is 0 Å². The monoisotopic (exact) mass is 350 g/mol. The molecule has 1 aromatic carbocycles. The molecule has 114 valence electrons. The fourth-order valence-electron chi connectivity index (χ4n) is 2.21. The van der Waals surface area contributed by atoms with Crippen molar-refractivity contribution in [1.29, 1.82) is 0 Å². The maximum atomic E-state index is 4.40. The average Bonchev–Trinajstić information content (AvgIpc) is 2.94. The molecule has 0 radical (unpaired) electrons. The Bertz CT molecular complexity index is 549. The predicted molar refractivity (Wildman–Crippen MR) is 91.5 cm³/mol. The van der Waals surface area contributed by atoms with Crippen LogP contribution >= 0.6 is 15.9 Å². The first-order chi connectivity index (χ1) is 10.2. The van der Waals surface area contributed by atoms with Crippen LogP contribution in [0.1, 0.15) is 19.4 Å². The summed E-state index contributed by atoms with van der Waals surface area (Å²) in [5.41, 5.74) is 2.31. The molecule has 1 heterocycles. The van der Waals surface area contributed by atoms with Crippen LogP contribution in [0.25, 0.3) is 0 Å². The van der Waals surface area contributed by atoms with Crippen LogP contribution in [0.2, 0.25) is 0 Å². The lowest BCUT2D eigenvalue weighted by atomic mass is 10.2. The SMILES string of the molecule is CCN(CC)CCn1cc(NCc2cccc(Br)c2)cn1. The van der Waals surface area contributed by atoms with Gasteiger partial charge in [-0.3, -0.25) is 4.68 Å². The summed E-state index contributed by atoms with van der Waals surface area (Å²) in [6.45, 7) is 9.34. The molecular weight excluding hydrogens is 328 g/mol. The Morgan fingerprint density at radius 1 is 1.29 bits per heavy atom. The van der Waals surface area contributed by atoms with Crippen LogP contribution in [0.4, 0.5) is 5.69 Å². The number of aromatic nitrogens is 2. The van der Waals surface area contributed by atoms with Gasteiger partial charge in [-0.1, -0.05) is 41.9 Å². The quantitative estimate of drug-likeness (QED) is 0.789. The molecule has 4 nitrogen and oxygen atoms in total. The molecule has 0 aliphatic carbocycles. The van der Waals surface area contributed by atoms with Gasteiger partial charge in [-0.2, -0.15) is 5.10 Å². The van der Waals surface area contributed by atoms with Crippen LogP contribution < -0.4 is 5.32 Å². The number of nitrogens with one attached hydrogen (secondary N) is 1. The molecule has 0 aliphatic heterocycles. The van der Waals surface area contributed by atoms with E-state index >= 15 is 0 Å². The van der Waals surface area contributed by atoms with Crippen molar-refractivity contribution in [3.05, 3.63) is 46.7 Å². The molecule has 0 saturated heterocycles. The highest BCUT2D eigenvalue weighted by Crippen LogP contribution is 2.13. The Kier molecular flexibility index (Phi) is 6.26. The summed E-state index contributed by atoms with van der Waals surface area (Å²) < 4.78 is 3.11. The van der Waals surface area contributed by atoms with Crippen molar-refractivity contribution in [3.63, 3.8) is 0 Å². The molecule has 0 bridgehead atoms. The van der Waals surface area contributed by atoms with Gasteiger partial charge in [0.2, 0.25) is 0 Å². The topological polar surface area (TPSA) is 33.1 Å². The number of likely N-dealkylation sites (N-methyl/N-ethyl adjacent to an activating group) is 1. The molecule has 0 unspecified atom stereocenters. The standard InChI is InChI=1S/C16H23BrN4/c1-3-20(4-2)8-9-21-13-16(12-19-21)18-11-14-6-5-7-15(17)10-14/h5-7,10,12-13,18H,3-4,8-9,11H2,1-2H3. The molecule has 0 fully saturated rings. The zero-order valence-electron chi connectivity index (χ0n) is 12.7. The minimum Gasteiger partial charge on any atom is -0.378 e. The Hall–Kier alpha value is -1.33. The van der Waals surface area contributed by atoms with E-state index in [1.165, 1.54) is 5.56 Å². The van der Waals surface area contributed by atoms with E-state index in [0.29, 0.717) is 0 Å². The van der Waals surface area contributed by atoms with E-state index in [-0.39, 0.29) is 0 Å². The summed E-state index contributed by atoms with van der Waals surface area (Å²) in [6, 6.07) is 8.32. The lowest BCUT2D eigenvalue weighted by molar-refractivity contribution is 0.285. The Morgan fingerprint density at radius 2 is 2.10 bits per heavy atom. The van der Waals surface area contributed by atoms with Gasteiger partial charge in [-0.05, 0) is 30.8 Å². The maximum absolute atomic E-state index is 4.40. The zero-order valence-corrected chi connectivity index (χ0v) is 14.3. The summed E-state index contributed by atoms with van der Waals surface area (Å²) in [7, 11) is 0. The van der Waals surface area contributed by atoms with Gasteiger partial charge in [0.05, 0.1) is 18.4 Å². The van der Waals surface area contributed by atoms with Crippen LogP contribution in [0.3, 0.4) is 0 Å². The largest absolute Gasteiger partial charge is 0.378 e. The van der Waals surface area contributed by atoms with E-state index < -0.39 is 0 Å². The van der Waals surface area contributed by atoms with Crippen molar-refractivity contribution >= 4 is 21.6 Å². The van der Waals surface area contributed by atoms with Gasteiger partial charge in [0.1, 0.15) is 0 Å². The molecule has 0 amide bonds. The van der Waals surface area contributed by atoms with E-state index in [2.05, 4.69) is 69.5 Å². The number of anilines is 1. The molecule has 5 heteroatoms. The van der Waals surface area contributed by atoms with Crippen LogP contribution in [-0.2, 0) is 13.1 Å². The first-order valence-electron chi connectivity index (χ1n) is 7.44. The molecule has 1 N–H and O–H groups in total. The molecule has 0 aliphatic rings. The number of hydrogen-bond donors (Lipinski definition) is 1. The fraction of sp³-hybridized carbons (Fsp3) is 0.438. The third-order valence-electron chi connectivity index (χ3n) is 3.56. The van der Waals surface area contributed by atoms with Gasteiger partial charge in [-0.15, -0.1) is 0 Å². The minimum atomic E-state index is 0.807. The highest BCUT2D eigenvalue weighted by Gasteiger charge is 2.02. The highest BCUT2D eigenvalue weighted by atomic mass is 79.9. The molecule has 2 rings (SSSR count). The summed E-state index contributed by atoms with van der Waals surface area (Å²) in [5, 5.41) is 7.81. The number of nitrogens with zero attached hydrogens (tertiary/aromatic N) is 3. The second kappa shape index (κ2) is 8.20. The van der Waals surface area contributed by atoms with Crippen molar-refractivity contribution in [2.45, 2.75) is 26.9 Å². The lowest BCUT2D eigenvalue weighted by Gasteiger charge is -2.17. The smallest absolute Gasteiger partial charge is 0.0729 e. The molecule has 0 spiro atoms. The Balaban J connectivity index is 1.83. The number of rotatable bonds is 8. The summed E-state index contributed by atoms with van der Waals surface area (Å²) in [5.74, 6) is 0. The van der Waals surface area contributed by atoms with E-state index in [0.717, 1.165) is 42.9 Å². The third-order valence-corrected chi connectivity index (χ3v) is 4.05. The Morgan fingerprint density at radius 3 is 2.81 bits per heavy atom. The Labute approximate surface area is 135 Å². The number of hydrogen-bond acceptors (Lipinski definition) is 3. The van der Waals surface area contributed by atoms with Gasteiger partial charge in [0, 0.05) is 23.8 Å². The number of halogens is 1. The minimum absolute atomic E-state index is 0.807. The average molecular weight is 351 g/mol. The van der Waals surface area contributed by atoms with Crippen molar-refractivity contribution in [2.75, 3.05) is 25.0 Å². The summed E-state index contributed by atoms with van der Waals surface area (Å²) in [4.78, 5) is 2.40. The van der Waals surface area contributed by atoms with E-state index in [4.69, 9.17) is 0 Å². The summed E-state index contributed by atoms with van der Waals surface area (Å²) >= 11 is 3.49. The van der Waals surface area contributed by atoms with Crippen molar-refractivity contribution in [1.82, 2.24) is 14.7 Å². The molecular formula is C16H23BrN4. The molecule has 2 aromatic rings. The maximum Gasteiger partial charge on any atom is 0.0729 e.